The summed E-state index contributed by atoms with van der Waals surface area (Å²) >= 11 is 0. The van der Waals surface area contributed by atoms with E-state index >= 15 is 0 Å². The van der Waals surface area contributed by atoms with Crippen LogP contribution in [0.25, 0.3) is 0 Å². The van der Waals surface area contributed by atoms with Crippen LogP contribution in [0.3, 0.4) is 0 Å². The van der Waals surface area contributed by atoms with Crippen LogP contribution in [0.2, 0.25) is 0 Å². The van der Waals surface area contributed by atoms with Crippen molar-refractivity contribution in [2.75, 3.05) is 0 Å². The van der Waals surface area contributed by atoms with E-state index < -0.39 is 11.7 Å². The number of rotatable bonds is 2. The van der Waals surface area contributed by atoms with Crippen LogP contribution in [0.5, 0.6) is 0 Å². The second-order valence-corrected chi connectivity index (χ2v) is 5.09. The summed E-state index contributed by atoms with van der Waals surface area (Å²) in [4.78, 5) is 0. The molecule has 17 heavy (non-hydrogen) atoms. The molecule has 0 aromatic heterocycles. The van der Waals surface area contributed by atoms with Crippen LogP contribution >= 0.6 is 0 Å². The molecule has 1 aromatic rings. The third kappa shape index (κ3) is 3.44. The molecule has 1 atom stereocenters. The van der Waals surface area contributed by atoms with Crippen molar-refractivity contribution >= 4 is 0 Å². The Kier molecular flexibility index (Phi) is 3.84. The monoisotopic (exact) mass is 246 g/mol. The second kappa shape index (κ2) is 4.66. The van der Waals surface area contributed by atoms with Gasteiger partial charge in [0.2, 0.25) is 0 Å². The van der Waals surface area contributed by atoms with Crippen molar-refractivity contribution in [1.29, 1.82) is 0 Å². The van der Waals surface area contributed by atoms with E-state index in [9.17, 15) is 13.2 Å². The molecule has 96 valence electrons. The molecule has 1 unspecified atom stereocenters. The maximum absolute atomic E-state index is 12.4. The Morgan fingerprint density at radius 1 is 1.06 bits per heavy atom. The average molecular weight is 246 g/mol. The minimum absolute atomic E-state index is 0.172. The molecular weight excluding hydrogens is 229 g/mol. The lowest BCUT2D eigenvalue weighted by Crippen LogP contribution is -2.36. The lowest BCUT2D eigenvalue weighted by Gasteiger charge is -2.30. The zero-order valence-corrected chi connectivity index (χ0v) is 10.1. The molecule has 0 amide bonds. The van der Waals surface area contributed by atoms with E-state index in [1.54, 1.807) is 0 Å². The molecule has 0 aliphatic rings. The lowest BCUT2D eigenvalue weighted by atomic mass is 9.82. The van der Waals surface area contributed by atoms with Crippen molar-refractivity contribution in [3.63, 3.8) is 0 Å². The zero-order valence-electron chi connectivity index (χ0n) is 10.1. The molecule has 3 N–H and O–H groups in total. The van der Waals surface area contributed by atoms with Gasteiger partial charge >= 0.3 is 6.18 Å². The molecular formula is C12H17F3N2. The van der Waals surface area contributed by atoms with Crippen LogP contribution in [0.15, 0.2) is 24.3 Å². The Hall–Kier alpha value is -1.07. The van der Waals surface area contributed by atoms with Crippen molar-refractivity contribution < 1.29 is 13.2 Å². The van der Waals surface area contributed by atoms with Gasteiger partial charge < -0.3 is 0 Å². The van der Waals surface area contributed by atoms with Gasteiger partial charge in [-0.25, -0.2) is 0 Å². The van der Waals surface area contributed by atoms with Gasteiger partial charge in [-0.15, -0.1) is 0 Å². The first-order valence-electron chi connectivity index (χ1n) is 5.29. The average Bonchev–Trinajstić information content (AvgIpc) is 2.16. The van der Waals surface area contributed by atoms with Gasteiger partial charge in [0, 0.05) is 0 Å². The number of alkyl halides is 3. The minimum Gasteiger partial charge on any atom is -0.271 e. The molecule has 5 heteroatoms. The molecule has 0 heterocycles. The minimum atomic E-state index is -4.30. The largest absolute Gasteiger partial charge is 0.416 e. The van der Waals surface area contributed by atoms with Crippen LogP contribution in [0.1, 0.15) is 37.9 Å². The van der Waals surface area contributed by atoms with E-state index in [1.165, 1.54) is 12.1 Å². The molecule has 0 spiro atoms. The molecule has 1 rings (SSSR count). The fourth-order valence-corrected chi connectivity index (χ4v) is 1.71. The number of halogens is 3. The second-order valence-electron chi connectivity index (χ2n) is 5.09. The molecule has 0 saturated carbocycles. The predicted molar refractivity (Wildman–Crippen MR) is 61.0 cm³/mol. The van der Waals surface area contributed by atoms with Crippen LogP contribution in [0, 0.1) is 5.41 Å². The Morgan fingerprint density at radius 2 is 1.53 bits per heavy atom. The Balaban J connectivity index is 3.02. The summed E-state index contributed by atoms with van der Waals surface area (Å²) in [6, 6.07) is 4.87. The number of nitrogens with one attached hydrogen (secondary N) is 1. The van der Waals surface area contributed by atoms with Gasteiger partial charge in [0.1, 0.15) is 0 Å². The van der Waals surface area contributed by atoms with Crippen LogP contribution in [-0.4, -0.2) is 0 Å². The summed E-state index contributed by atoms with van der Waals surface area (Å²) in [6.45, 7) is 5.90. The fourth-order valence-electron chi connectivity index (χ4n) is 1.71. The molecule has 0 aliphatic heterocycles. The van der Waals surface area contributed by atoms with Crippen LogP contribution in [-0.2, 0) is 6.18 Å². The molecule has 0 bridgehead atoms. The van der Waals surface area contributed by atoms with Crippen molar-refractivity contribution in [3.8, 4) is 0 Å². The summed E-state index contributed by atoms with van der Waals surface area (Å²) < 4.78 is 37.2. The number of hydrazine groups is 1. The number of hydrogen-bond acceptors (Lipinski definition) is 2. The third-order valence-electron chi connectivity index (χ3n) is 2.60. The van der Waals surface area contributed by atoms with E-state index in [4.69, 9.17) is 5.84 Å². The zero-order chi connectivity index (χ0) is 13.3. The Bertz CT molecular complexity index is 363. The standard InChI is InChI=1S/C12H17F3N2/c1-11(2,3)10(17-16)8-4-6-9(7-5-8)12(13,14)15/h4-7,10,17H,16H2,1-3H3. The Morgan fingerprint density at radius 3 is 1.82 bits per heavy atom. The first-order chi connectivity index (χ1) is 7.66. The van der Waals surface area contributed by atoms with E-state index in [0.717, 1.165) is 17.7 Å². The highest BCUT2D eigenvalue weighted by Crippen LogP contribution is 2.34. The topological polar surface area (TPSA) is 38.0 Å². The van der Waals surface area contributed by atoms with E-state index in [0.29, 0.717) is 0 Å². The normalized spacial score (nSPS) is 14.8. The maximum Gasteiger partial charge on any atom is 0.416 e. The lowest BCUT2D eigenvalue weighted by molar-refractivity contribution is -0.137. The van der Waals surface area contributed by atoms with Gasteiger partial charge in [-0.3, -0.25) is 11.3 Å². The van der Waals surface area contributed by atoms with E-state index in [-0.39, 0.29) is 11.5 Å². The van der Waals surface area contributed by atoms with Crippen molar-refractivity contribution in [1.82, 2.24) is 5.43 Å². The van der Waals surface area contributed by atoms with Gasteiger partial charge in [0.25, 0.3) is 0 Å². The predicted octanol–water partition coefficient (Wildman–Crippen LogP) is 3.26. The van der Waals surface area contributed by atoms with Crippen molar-refractivity contribution in [2.45, 2.75) is 33.0 Å². The highest BCUT2D eigenvalue weighted by atomic mass is 19.4. The first kappa shape index (κ1) is 14.0. The van der Waals surface area contributed by atoms with Crippen LogP contribution < -0.4 is 11.3 Å². The molecule has 2 nitrogen and oxygen atoms in total. The summed E-state index contributed by atoms with van der Waals surface area (Å²) in [5.74, 6) is 5.44. The molecule has 0 aliphatic carbocycles. The SMILES string of the molecule is CC(C)(C)C(NN)c1ccc(C(F)(F)F)cc1. The van der Waals surface area contributed by atoms with Gasteiger partial charge in [-0.05, 0) is 23.1 Å². The number of nitrogens with two attached hydrogens (primary N) is 1. The van der Waals surface area contributed by atoms with Gasteiger partial charge in [0.05, 0.1) is 11.6 Å². The fraction of sp³-hybridized carbons (Fsp3) is 0.500. The smallest absolute Gasteiger partial charge is 0.271 e. The van der Waals surface area contributed by atoms with Crippen LogP contribution in [0.4, 0.5) is 13.2 Å². The molecule has 1 aromatic carbocycles. The summed E-state index contributed by atoms with van der Waals surface area (Å²) in [7, 11) is 0. The Labute approximate surface area is 99.0 Å². The summed E-state index contributed by atoms with van der Waals surface area (Å²) in [5.41, 5.74) is 2.56. The van der Waals surface area contributed by atoms with Crippen molar-refractivity contribution in [3.05, 3.63) is 35.4 Å². The van der Waals surface area contributed by atoms with E-state index in [1.807, 2.05) is 20.8 Å². The van der Waals surface area contributed by atoms with Gasteiger partial charge in [-0.2, -0.15) is 13.2 Å². The maximum atomic E-state index is 12.4. The first-order valence-corrected chi connectivity index (χ1v) is 5.29. The number of hydrogen-bond donors (Lipinski definition) is 2. The van der Waals surface area contributed by atoms with Crippen molar-refractivity contribution in [2.24, 2.45) is 11.3 Å². The van der Waals surface area contributed by atoms with E-state index in [2.05, 4.69) is 5.43 Å². The summed E-state index contributed by atoms with van der Waals surface area (Å²) in [5, 5.41) is 0. The summed E-state index contributed by atoms with van der Waals surface area (Å²) in [6.07, 6.45) is -4.30. The van der Waals surface area contributed by atoms with Gasteiger partial charge in [0.15, 0.2) is 0 Å². The third-order valence-corrected chi connectivity index (χ3v) is 2.60. The van der Waals surface area contributed by atoms with Gasteiger partial charge in [-0.1, -0.05) is 32.9 Å². The number of benzene rings is 1. The highest BCUT2D eigenvalue weighted by Gasteiger charge is 2.31. The highest BCUT2D eigenvalue weighted by molar-refractivity contribution is 5.27. The molecule has 0 saturated heterocycles. The molecule has 0 radical (unpaired) electrons. The quantitative estimate of drug-likeness (QED) is 0.621. The molecule has 0 fully saturated rings.